The van der Waals surface area contributed by atoms with E-state index in [1.807, 2.05) is 6.92 Å². The number of hydrogen-bond acceptors (Lipinski definition) is 5. The van der Waals surface area contributed by atoms with Crippen LogP contribution in [-0.2, 0) is 20.7 Å². The van der Waals surface area contributed by atoms with Crippen molar-refractivity contribution in [2.45, 2.75) is 39.7 Å². The fourth-order valence-corrected chi connectivity index (χ4v) is 3.16. The van der Waals surface area contributed by atoms with Crippen LogP contribution in [0.2, 0.25) is 10.0 Å². The highest BCUT2D eigenvalue weighted by Gasteiger charge is 2.32. The van der Waals surface area contributed by atoms with E-state index < -0.39 is 11.6 Å². The first-order valence-corrected chi connectivity index (χ1v) is 9.49. The van der Waals surface area contributed by atoms with Gasteiger partial charge < -0.3 is 15.2 Å². The lowest BCUT2D eigenvalue weighted by Gasteiger charge is -2.21. The van der Waals surface area contributed by atoms with Crippen LogP contribution in [0.15, 0.2) is 18.2 Å². The van der Waals surface area contributed by atoms with Crippen molar-refractivity contribution in [3.63, 3.8) is 0 Å². The van der Waals surface area contributed by atoms with E-state index in [4.69, 9.17) is 27.9 Å². The van der Waals surface area contributed by atoms with Crippen LogP contribution in [0.4, 0.5) is 0 Å². The minimum absolute atomic E-state index is 0.0434. The van der Waals surface area contributed by atoms with Gasteiger partial charge in [0.2, 0.25) is 5.91 Å². The third kappa shape index (κ3) is 5.04. The summed E-state index contributed by atoms with van der Waals surface area (Å²) in [6.07, 6.45) is 0.0434. The van der Waals surface area contributed by atoms with Crippen molar-refractivity contribution in [3.8, 4) is 5.69 Å². The molecule has 0 fully saturated rings. The maximum atomic E-state index is 12.3. The number of aromatic nitrogens is 2. The van der Waals surface area contributed by atoms with Gasteiger partial charge in [-0.2, -0.15) is 5.10 Å². The molecule has 0 aliphatic carbocycles. The first-order valence-electron chi connectivity index (χ1n) is 8.73. The molecular formula is C19H23Cl2N3O4. The van der Waals surface area contributed by atoms with Crippen LogP contribution < -0.4 is 5.32 Å². The van der Waals surface area contributed by atoms with Crippen LogP contribution in [0.1, 0.15) is 30.8 Å². The smallest absolute Gasteiger partial charge is 0.339 e. The van der Waals surface area contributed by atoms with Crippen molar-refractivity contribution in [2.75, 3.05) is 13.2 Å². The normalized spacial score (nSPS) is 13.1. The highest BCUT2D eigenvalue weighted by Crippen LogP contribution is 2.27. The molecule has 2 rings (SSSR count). The van der Waals surface area contributed by atoms with Crippen LogP contribution in [-0.4, -0.2) is 45.5 Å². The van der Waals surface area contributed by atoms with Gasteiger partial charge in [-0.25, -0.2) is 9.48 Å². The summed E-state index contributed by atoms with van der Waals surface area (Å²) >= 11 is 12.2. The van der Waals surface area contributed by atoms with Crippen molar-refractivity contribution in [2.24, 2.45) is 0 Å². The molecule has 1 heterocycles. The van der Waals surface area contributed by atoms with Gasteiger partial charge in [0.05, 0.1) is 36.0 Å². The monoisotopic (exact) mass is 427 g/mol. The van der Waals surface area contributed by atoms with Crippen LogP contribution >= 0.6 is 23.2 Å². The summed E-state index contributed by atoms with van der Waals surface area (Å²) in [5.74, 6) is -1.13. The molecule has 1 atom stereocenters. The van der Waals surface area contributed by atoms with E-state index in [1.165, 1.54) is 6.92 Å². The van der Waals surface area contributed by atoms with Crippen molar-refractivity contribution in [1.82, 2.24) is 15.1 Å². The topological polar surface area (TPSA) is 93.4 Å². The quantitative estimate of drug-likeness (QED) is 0.662. The maximum Gasteiger partial charge on any atom is 0.339 e. The molecule has 0 unspecified atom stereocenters. The maximum absolute atomic E-state index is 12.3. The van der Waals surface area contributed by atoms with E-state index >= 15 is 0 Å². The van der Waals surface area contributed by atoms with Crippen molar-refractivity contribution in [3.05, 3.63) is 45.2 Å². The number of amides is 1. The first-order chi connectivity index (χ1) is 13.1. The Bertz CT molecular complexity index is 894. The molecule has 0 spiro atoms. The zero-order valence-electron chi connectivity index (χ0n) is 16.2. The number of aliphatic hydroxyl groups is 1. The van der Waals surface area contributed by atoms with E-state index in [2.05, 4.69) is 10.4 Å². The molecule has 28 heavy (non-hydrogen) atoms. The molecule has 1 aromatic carbocycles. The second-order valence-electron chi connectivity index (χ2n) is 6.60. The number of carbonyl (C=O) groups excluding carboxylic acids is 2. The zero-order valence-corrected chi connectivity index (χ0v) is 17.7. The van der Waals surface area contributed by atoms with Gasteiger partial charge in [0.25, 0.3) is 0 Å². The highest BCUT2D eigenvalue weighted by atomic mass is 35.5. The third-order valence-corrected chi connectivity index (χ3v) is 4.80. The van der Waals surface area contributed by atoms with Crippen molar-refractivity contribution >= 4 is 35.1 Å². The number of rotatable bonds is 7. The summed E-state index contributed by atoms with van der Waals surface area (Å²) in [4.78, 5) is 24.0. The Kier molecular flexibility index (Phi) is 7.09. The van der Waals surface area contributed by atoms with E-state index in [0.29, 0.717) is 21.4 Å². The Labute approximate surface area is 173 Å². The first kappa shape index (κ1) is 22.2. The number of hydrogen-bond donors (Lipinski definition) is 2. The number of nitrogens with one attached hydrogen (secondary N) is 1. The van der Waals surface area contributed by atoms with E-state index in [-0.39, 0.29) is 25.5 Å². The van der Waals surface area contributed by atoms with E-state index in [9.17, 15) is 14.7 Å². The molecule has 0 saturated carbocycles. The number of carbonyl (C=O) groups is 2. The Morgan fingerprint density at radius 3 is 2.61 bits per heavy atom. The minimum Gasteiger partial charge on any atom is -0.464 e. The summed E-state index contributed by atoms with van der Waals surface area (Å²) in [6, 6.07) is 5.09. The molecule has 1 aromatic heterocycles. The molecule has 7 nitrogen and oxygen atoms in total. The molecule has 1 amide bonds. The lowest BCUT2D eigenvalue weighted by Crippen LogP contribution is -2.47. The second-order valence-corrected chi connectivity index (χ2v) is 7.45. The zero-order chi connectivity index (χ0) is 21.1. The van der Waals surface area contributed by atoms with Gasteiger partial charge >= 0.3 is 5.97 Å². The van der Waals surface area contributed by atoms with Gasteiger partial charge in [0.1, 0.15) is 0 Å². The average Bonchev–Trinajstić information content (AvgIpc) is 2.88. The number of esters is 1. The number of aryl methyl sites for hydroxylation is 1. The molecule has 0 aliphatic heterocycles. The second kappa shape index (κ2) is 8.94. The lowest BCUT2D eigenvalue weighted by atomic mass is 10.1. The summed E-state index contributed by atoms with van der Waals surface area (Å²) in [5, 5.41) is 18.1. The fourth-order valence-electron chi connectivity index (χ4n) is 2.67. The predicted octanol–water partition coefficient (Wildman–Crippen LogP) is 2.77. The molecule has 2 aromatic rings. The molecule has 0 aliphatic rings. The third-order valence-electron chi connectivity index (χ3n) is 4.26. The molecule has 9 heteroatoms. The summed E-state index contributed by atoms with van der Waals surface area (Å²) in [5.41, 5.74) is 1.03. The standard InChI is InChI=1S/C19H23Cl2N3O4/c1-5-28-18(26)19(4,27)10-22-17(25)9-14-11(2)23-24(12(14)3)16-7-6-13(20)8-15(16)21/h6-8,27H,5,9-10H2,1-4H3,(H,22,25)/t19-/m0/s1. The molecule has 0 bridgehead atoms. The molecule has 0 radical (unpaired) electrons. The molecule has 2 N–H and O–H groups in total. The van der Waals surface area contributed by atoms with Crippen molar-refractivity contribution in [1.29, 1.82) is 0 Å². The predicted molar refractivity (Wildman–Crippen MR) is 107 cm³/mol. The number of nitrogens with zero attached hydrogens (tertiary/aromatic N) is 2. The van der Waals surface area contributed by atoms with Gasteiger partial charge in [0, 0.05) is 16.3 Å². The van der Waals surface area contributed by atoms with E-state index in [1.54, 1.807) is 36.7 Å². The highest BCUT2D eigenvalue weighted by molar-refractivity contribution is 6.35. The van der Waals surface area contributed by atoms with Crippen molar-refractivity contribution < 1.29 is 19.4 Å². The van der Waals surface area contributed by atoms with Crippen LogP contribution in [0, 0.1) is 13.8 Å². The summed E-state index contributed by atoms with van der Waals surface area (Å²) in [7, 11) is 0. The van der Waals surface area contributed by atoms with Crippen LogP contribution in [0.25, 0.3) is 5.69 Å². The number of ether oxygens (including phenoxy) is 1. The Morgan fingerprint density at radius 1 is 1.32 bits per heavy atom. The van der Waals surface area contributed by atoms with Gasteiger partial charge in [-0.15, -0.1) is 0 Å². The van der Waals surface area contributed by atoms with Gasteiger partial charge in [-0.05, 0) is 45.9 Å². The largest absolute Gasteiger partial charge is 0.464 e. The van der Waals surface area contributed by atoms with E-state index in [0.717, 1.165) is 11.3 Å². The van der Waals surface area contributed by atoms with Gasteiger partial charge in [0.15, 0.2) is 5.60 Å². The Hall–Kier alpha value is -2.09. The lowest BCUT2D eigenvalue weighted by molar-refractivity contribution is -0.162. The minimum atomic E-state index is -1.79. The fraction of sp³-hybridized carbons (Fsp3) is 0.421. The van der Waals surface area contributed by atoms with Crippen LogP contribution in [0.5, 0.6) is 0 Å². The molecule has 0 saturated heterocycles. The van der Waals surface area contributed by atoms with Gasteiger partial charge in [-0.1, -0.05) is 23.2 Å². The Morgan fingerprint density at radius 2 is 2.00 bits per heavy atom. The number of benzene rings is 1. The molecule has 152 valence electrons. The van der Waals surface area contributed by atoms with Gasteiger partial charge in [-0.3, -0.25) is 4.79 Å². The SMILES string of the molecule is CCOC(=O)[C@@](C)(O)CNC(=O)Cc1c(C)nn(-c2ccc(Cl)cc2Cl)c1C. The number of halogens is 2. The summed E-state index contributed by atoms with van der Waals surface area (Å²) in [6.45, 7) is 6.46. The molecular weight excluding hydrogens is 405 g/mol. The average molecular weight is 428 g/mol. The summed E-state index contributed by atoms with van der Waals surface area (Å²) < 4.78 is 6.45. The van der Waals surface area contributed by atoms with Crippen LogP contribution in [0.3, 0.4) is 0 Å². The Balaban J connectivity index is 2.13.